The molecule has 1 aliphatic heterocycles. The van der Waals surface area contributed by atoms with E-state index in [1.807, 2.05) is 20.8 Å². The number of carbonyl (C=O) groups excluding carboxylic acids is 1. The lowest BCUT2D eigenvalue weighted by atomic mass is 9.99. The number of amides is 1. The van der Waals surface area contributed by atoms with E-state index in [4.69, 9.17) is 9.52 Å². The molecule has 5 nitrogen and oxygen atoms in total. The van der Waals surface area contributed by atoms with Crippen molar-refractivity contribution in [3.05, 3.63) is 23.7 Å². The van der Waals surface area contributed by atoms with Crippen molar-refractivity contribution in [3.63, 3.8) is 0 Å². The van der Waals surface area contributed by atoms with E-state index in [9.17, 15) is 9.59 Å². The van der Waals surface area contributed by atoms with Crippen LogP contribution in [0.1, 0.15) is 42.8 Å². The molecule has 1 aliphatic rings. The first-order chi connectivity index (χ1) is 8.91. The third-order valence-corrected chi connectivity index (χ3v) is 3.73. The van der Waals surface area contributed by atoms with E-state index in [0.717, 1.165) is 5.56 Å². The Morgan fingerprint density at radius 2 is 2.11 bits per heavy atom. The number of hydrogen-bond donors (Lipinski definition) is 1. The maximum atomic E-state index is 12.4. The average Bonchev–Trinajstić information content (AvgIpc) is 2.93. The molecule has 1 N–H and O–H groups in total. The molecule has 0 saturated carbocycles. The molecule has 5 heteroatoms. The zero-order valence-electron chi connectivity index (χ0n) is 11.4. The summed E-state index contributed by atoms with van der Waals surface area (Å²) >= 11 is 0. The Bertz CT molecular complexity index is 491. The lowest BCUT2D eigenvalue weighted by molar-refractivity contribution is -0.142. The van der Waals surface area contributed by atoms with Gasteiger partial charge in [-0.2, -0.15) is 0 Å². The highest BCUT2D eigenvalue weighted by Crippen LogP contribution is 2.27. The molecule has 19 heavy (non-hydrogen) atoms. The van der Waals surface area contributed by atoms with Crippen LogP contribution in [0, 0.1) is 11.8 Å². The highest BCUT2D eigenvalue weighted by Gasteiger charge is 2.38. The first kappa shape index (κ1) is 13.6. The molecule has 2 atom stereocenters. The molecule has 0 bridgehead atoms. The smallest absolute Gasteiger partial charge is 0.308 e. The van der Waals surface area contributed by atoms with Crippen molar-refractivity contribution in [3.8, 4) is 0 Å². The second-order valence-electron chi connectivity index (χ2n) is 5.49. The van der Waals surface area contributed by atoms with Crippen LogP contribution in [-0.4, -0.2) is 35.0 Å². The van der Waals surface area contributed by atoms with Crippen LogP contribution >= 0.6 is 0 Å². The molecule has 1 aromatic heterocycles. The number of nitrogens with zero attached hydrogens (tertiary/aromatic N) is 1. The topological polar surface area (TPSA) is 70.8 Å². The van der Waals surface area contributed by atoms with E-state index >= 15 is 0 Å². The first-order valence-corrected chi connectivity index (χ1v) is 6.51. The summed E-state index contributed by atoms with van der Waals surface area (Å²) in [6, 6.07) is 1.80. The van der Waals surface area contributed by atoms with Gasteiger partial charge in [-0.3, -0.25) is 9.59 Å². The lowest BCUT2D eigenvalue weighted by Gasteiger charge is -2.15. The highest BCUT2D eigenvalue weighted by molar-refractivity contribution is 5.93. The fraction of sp³-hybridized carbons (Fsp3) is 0.571. The number of carbonyl (C=O) groups is 2. The van der Waals surface area contributed by atoms with Gasteiger partial charge in [-0.1, -0.05) is 20.8 Å². The first-order valence-electron chi connectivity index (χ1n) is 6.51. The Kier molecular flexibility index (Phi) is 3.64. The molecule has 0 unspecified atom stereocenters. The van der Waals surface area contributed by atoms with Gasteiger partial charge in [0.1, 0.15) is 0 Å². The van der Waals surface area contributed by atoms with E-state index in [1.165, 1.54) is 6.26 Å². The van der Waals surface area contributed by atoms with Crippen LogP contribution in [-0.2, 0) is 4.79 Å². The Hall–Kier alpha value is -1.78. The van der Waals surface area contributed by atoms with E-state index < -0.39 is 11.9 Å². The van der Waals surface area contributed by atoms with Gasteiger partial charge in [0, 0.05) is 18.7 Å². The highest BCUT2D eigenvalue weighted by atomic mass is 16.4. The molecule has 2 heterocycles. The predicted octanol–water partition coefficient (Wildman–Crippen LogP) is 2.20. The van der Waals surface area contributed by atoms with Gasteiger partial charge in [0.25, 0.3) is 5.91 Å². The van der Waals surface area contributed by atoms with Crippen molar-refractivity contribution in [1.82, 2.24) is 4.90 Å². The minimum Gasteiger partial charge on any atom is -0.481 e. The third kappa shape index (κ3) is 2.50. The van der Waals surface area contributed by atoms with Crippen molar-refractivity contribution >= 4 is 11.9 Å². The van der Waals surface area contributed by atoms with Crippen LogP contribution in [0.15, 0.2) is 16.7 Å². The molecule has 0 aliphatic carbocycles. The molecule has 0 radical (unpaired) electrons. The largest absolute Gasteiger partial charge is 0.481 e. The Balaban J connectivity index is 2.17. The summed E-state index contributed by atoms with van der Waals surface area (Å²) < 4.78 is 5.29. The second kappa shape index (κ2) is 5.07. The molecule has 1 saturated heterocycles. The summed E-state index contributed by atoms with van der Waals surface area (Å²) in [6.07, 6.45) is 1.51. The summed E-state index contributed by atoms with van der Waals surface area (Å²) in [4.78, 5) is 25.0. The molecular formula is C14H19NO4. The summed E-state index contributed by atoms with van der Waals surface area (Å²) in [7, 11) is 0. The van der Waals surface area contributed by atoms with Gasteiger partial charge in [-0.05, 0) is 17.9 Å². The SMILES string of the molecule is CC(C)c1ccoc1C(=O)N1C[C@@H](C)[C@H](C(=O)O)C1. The van der Waals surface area contributed by atoms with Crippen LogP contribution in [0.2, 0.25) is 0 Å². The minimum atomic E-state index is -0.841. The van der Waals surface area contributed by atoms with Crippen molar-refractivity contribution in [2.24, 2.45) is 11.8 Å². The van der Waals surface area contributed by atoms with Crippen molar-refractivity contribution in [1.29, 1.82) is 0 Å². The number of hydrogen-bond acceptors (Lipinski definition) is 3. The fourth-order valence-corrected chi connectivity index (χ4v) is 2.55. The summed E-state index contributed by atoms with van der Waals surface area (Å²) in [5.74, 6) is -1.02. The zero-order chi connectivity index (χ0) is 14.2. The van der Waals surface area contributed by atoms with E-state index in [2.05, 4.69) is 0 Å². The molecule has 2 rings (SSSR count). The third-order valence-electron chi connectivity index (χ3n) is 3.73. The Morgan fingerprint density at radius 1 is 1.42 bits per heavy atom. The molecular weight excluding hydrogens is 246 g/mol. The fourth-order valence-electron chi connectivity index (χ4n) is 2.55. The van der Waals surface area contributed by atoms with Crippen molar-refractivity contribution in [2.45, 2.75) is 26.7 Å². The van der Waals surface area contributed by atoms with Gasteiger partial charge in [0.2, 0.25) is 0 Å². The second-order valence-corrected chi connectivity index (χ2v) is 5.49. The standard InChI is InChI=1S/C14H19NO4/c1-8(2)10-4-5-19-12(10)13(16)15-6-9(3)11(7-15)14(17)18/h4-5,8-9,11H,6-7H2,1-3H3,(H,17,18)/t9-,11-/m1/s1. The van der Waals surface area contributed by atoms with Crippen LogP contribution in [0.25, 0.3) is 0 Å². The molecule has 0 spiro atoms. The lowest BCUT2D eigenvalue weighted by Crippen LogP contribution is -2.30. The van der Waals surface area contributed by atoms with E-state index in [-0.39, 0.29) is 24.3 Å². The predicted molar refractivity (Wildman–Crippen MR) is 69.0 cm³/mol. The van der Waals surface area contributed by atoms with Gasteiger partial charge in [-0.15, -0.1) is 0 Å². The molecule has 1 fully saturated rings. The molecule has 0 aromatic carbocycles. The number of rotatable bonds is 3. The minimum absolute atomic E-state index is 0.0288. The number of carboxylic acids is 1. The molecule has 1 amide bonds. The van der Waals surface area contributed by atoms with Crippen LogP contribution < -0.4 is 0 Å². The maximum Gasteiger partial charge on any atom is 0.308 e. The monoisotopic (exact) mass is 265 g/mol. The van der Waals surface area contributed by atoms with Gasteiger partial charge in [0.05, 0.1) is 12.2 Å². The summed E-state index contributed by atoms with van der Waals surface area (Å²) in [5.41, 5.74) is 0.872. The van der Waals surface area contributed by atoms with Crippen LogP contribution in [0.3, 0.4) is 0 Å². The van der Waals surface area contributed by atoms with Gasteiger partial charge >= 0.3 is 5.97 Å². The quantitative estimate of drug-likeness (QED) is 0.909. The molecule has 104 valence electrons. The number of aliphatic carboxylic acids is 1. The van der Waals surface area contributed by atoms with Crippen LogP contribution in [0.4, 0.5) is 0 Å². The van der Waals surface area contributed by atoms with Gasteiger partial charge in [-0.25, -0.2) is 0 Å². The average molecular weight is 265 g/mol. The van der Waals surface area contributed by atoms with E-state index in [1.54, 1.807) is 11.0 Å². The Morgan fingerprint density at radius 3 is 2.63 bits per heavy atom. The number of furan rings is 1. The Labute approximate surface area is 112 Å². The maximum absolute atomic E-state index is 12.4. The van der Waals surface area contributed by atoms with Gasteiger partial charge in [0.15, 0.2) is 5.76 Å². The number of likely N-dealkylation sites (tertiary alicyclic amines) is 1. The summed E-state index contributed by atoms with van der Waals surface area (Å²) in [6.45, 7) is 6.57. The number of carboxylic acid groups (broad SMARTS) is 1. The normalized spacial score (nSPS) is 23.1. The zero-order valence-corrected chi connectivity index (χ0v) is 11.4. The van der Waals surface area contributed by atoms with E-state index in [0.29, 0.717) is 12.3 Å². The van der Waals surface area contributed by atoms with Crippen LogP contribution in [0.5, 0.6) is 0 Å². The van der Waals surface area contributed by atoms with Crippen molar-refractivity contribution in [2.75, 3.05) is 13.1 Å². The van der Waals surface area contributed by atoms with Gasteiger partial charge < -0.3 is 14.4 Å². The summed E-state index contributed by atoms with van der Waals surface area (Å²) in [5, 5.41) is 9.10. The van der Waals surface area contributed by atoms with Crippen molar-refractivity contribution < 1.29 is 19.1 Å². The molecule has 1 aromatic rings.